The van der Waals surface area contributed by atoms with Crippen molar-refractivity contribution in [1.29, 1.82) is 0 Å². The molecule has 1 unspecified atom stereocenters. The first-order valence-corrected chi connectivity index (χ1v) is 8.53. The molecule has 0 saturated carbocycles. The number of hydrogen-bond donors (Lipinski definition) is 0. The van der Waals surface area contributed by atoms with E-state index >= 15 is 0 Å². The van der Waals surface area contributed by atoms with Crippen molar-refractivity contribution in [3.63, 3.8) is 0 Å². The summed E-state index contributed by atoms with van der Waals surface area (Å²) in [5.74, 6) is 0. The molecule has 154 valence electrons. The number of hydrogen-bond acceptors (Lipinski definition) is 8. The molecule has 0 aliphatic carbocycles. The fourth-order valence-electron chi connectivity index (χ4n) is 1.29. The van der Waals surface area contributed by atoms with Crippen molar-refractivity contribution in [3.05, 3.63) is 0 Å². The third kappa shape index (κ3) is 28.7. The molecule has 1 atom stereocenters. The Hall–Kier alpha value is -0.320. The Morgan fingerprint density at radius 3 is 1.12 bits per heavy atom. The summed E-state index contributed by atoms with van der Waals surface area (Å²) >= 11 is 0. The van der Waals surface area contributed by atoms with Gasteiger partial charge >= 0.3 is 0 Å². The van der Waals surface area contributed by atoms with Crippen molar-refractivity contribution in [1.82, 2.24) is 0 Å². The minimum absolute atomic E-state index is 0.152. The predicted octanol–water partition coefficient (Wildman–Crippen LogP) is 1.01. The predicted molar refractivity (Wildman–Crippen MR) is 95.4 cm³/mol. The monoisotopic (exact) mass is 370 g/mol. The van der Waals surface area contributed by atoms with Gasteiger partial charge in [-0.15, -0.1) is 0 Å². The topological polar surface area (TPSA) is 73.8 Å². The average molecular weight is 370 g/mol. The van der Waals surface area contributed by atoms with Gasteiger partial charge in [-0.1, -0.05) is 0 Å². The highest BCUT2D eigenvalue weighted by atomic mass is 16.6. The molecule has 0 saturated heterocycles. The first-order valence-electron chi connectivity index (χ1n) is 8.53. The molecule has 0 aliphatic heterocycles. The van der Waals surface area contributed by atoms with Crippen LogP contribution in [0.2, 0.25) is 0 Å². The molecule has 0 aromatic carbocycles. The molecular formula is C17H38O8. The molecular weight excluding hydrogens is 332 g/mol. The van der Waals surface area contributed by atoms with Crippen molar-refractivity contribution in [3.8, 4) is 0 Å². The number of methoxy groups -OCH3 is 4. The third-order valence-electron chi connectivity index (χ3n) is 2.79. The number of rotatable bonds is 18. The van der Waals surface area contributed by atoms with Gasteiger partial charge in [-0.2, -0.15) is 0 Å². The minimum Gasteiger partial charge on any atom is -0.382 e. The molecule has 0 aromatic rings. The SMILES string of the molecule is COCCOCCOCC(C)OC.COCCOCCOCCOC. The summed E-state index contributed by atoms with van der Waals surface area (Å²) in [6.07, 6.45) is 0.152. The normalized spacial score (nSPS) is 11.9. The average Bonchev–Trinajstić information content (AvgIpc) is 2.63. The lowest BCUT2D eigenvalue weighted by Crippen LogP contribution is -2.16. The van der Waals surface area contributed by atoms with Crippen LogP contribution in [0.15, 0.2) is 0 Å². The summed E-state index contributed by atoms with van der Waals surface area (Å²) in [5.41, 5.74) is 0. The molecule has 0 heterocycles. The second-order valence-corrected chi connectivity index (χ2v) is 4.94. The van der Waals surface area contributed by atoms with Crippen LogP contribution in [-0.2, 0) is 37.9 Å². The molecule has 0 bridgehead atoms. The second kappa shape index (κ2) is 25.9. The van der Waals surface area contributed by atoms with Gasteiger partial charge in [0.05, 0.1) is 78.8 Å². The highest BCUT2D eigenvalue weighted by Crippen LogP contribution is 1.88. The Balaban J connectivity index is 0. The number of ether oxygens (including phenoxy) is 8. The quantitative estimate of drug-likeness (QED) is 0.331. The second-order valence-electron chi connectivity index (χ2n) is 4.94. The summed E-state index contributed by atoms with van der Waals surface area (Å²) in [6.45, 7) is 8.83. The van der Waals surface area contributed by atoms with Crippen LogP contribution in [0.4, 0.5) is 0 Å². The molecule has 0 amide bonds. The van der Waals surface area contributed by atoms with Gasteiger partial charge in [-0.25, -0.2) is 0 Å². The Morgan fingerprint density at radius 1 is 0.480 bits per heavy atom. The zero-order chi connectivity index (χ0) is 19.0. The highest BCUT2D eigenvalue weighted by molar-refractivity contribution is 4.44. The van der Waals surface area contributed by atoms with E-state index in [1.807, 2.05) is 6.92 Å². The van der Waals surface area contributed by atoms with Crippen molar-refractivity contribution in [2.75, 3.05) is 101 Å². The van der Waals surface area contributed by atoms with E-state index in [2.05, 4.69) is 0 Å². The Bertz CT molecular complexity index is 209. The van der Waals surface area contributed by atoms with Gasteiger partial charge in [0.2, 0.25) is 0 Å². The molecule has 0 spiro atoms. The van der Waals surface area contributed by atoms with Crippen LogP contribution in [0.25, 0.3) is 0 Å². The van der Waals surface area contributed by atoms with E-state index in [-0.39, 0.29) is 6.10 Å². The summed E-state index contributed by atoms with van der Waals surface area (Å²) in [4.78, 5) is 0. The smallest absolute Gasteiger partial charge is 0.0776 e. The van der Waals surface area contributed by atoms with E-state index in [0.717, 1.165) is 0 Å². The van der Waals surface area contributed by atoms with Crippen LogP contribution >= 0.6 is 0 Å². The maximum atomic E-state index is 5.28. The van der Waals surface area contributed by atoms with Gasteiger partial charge in [-0.05, 0) is 6.92 Å². The fourth-order valence-corrected chi connectivity index (χ4v) is 1.29. The van der Waals surface area contributed by atoms with Gasteiger partial charge in [0, 0.05) is 28.4 Å². The largest absolute Gasteiger partial charge is 0.382 e. The van der Waals surface area contributed by atoms with Crippen molar-refractivity contribution in [2.45, 2.75) is 13.0 Å². The van der Waals surface area contributed by atoms with E-state index in [4.69, 9.17) is 37.9 Å². The fraction of sp³-hybridized carbons (Fsp3) is 1.00. The van der Waals surface area contributed by atoms with Crippen LogP contribution in [0.5, 0.6) is 0 Å². The Morgan fingerprint density at radius 2 is 0.800 bits per heavy atom. The van der Waals surface area contributed by atoms with Crippen molar-refractivity contribution < 1.29 is 37.9 Å². The van der Waals surface area contributed by atoms with E-state index in [0.29, 0.717) is 72.7 Å². The van der Waals surface area contributed by atoms with Gasteiger partial charge in [0.25, 0.3) is 0 Å². The van der Waals surface area contributed by atoms with E-state index in [9.17, 15) is 0 Å². The molecule has 25 heavy (non-hydrogen) atoms. The van der Waals surface area contributed by atoms with Crippen molar-refractivity contribution in [2.24, 2.45) is 0 Å². The van der Waals surface area contributed by atoms with E-state index in [1.54, 1.807) is 28.4 Å². The zero-order valence-electron chi connectivity index (χ0n) is 16.6. The molecule has 8 nitrogen and oxygen atoms in total. The van der Waals surface area contributed by atoms with Crippen LogP contribution in [-0.4, -0.2) is 107 Å². The van der Waals surface area contributed by atoms with Gasteiger partial charge < -0.3 is 37.9 Å². The van der Waals surface area contributed by atoms with Crippen LogP contribution in [0.3, 0.4) is 0 Å². The summed E-state index contributed by atoms with van der Waals surface area (Å²) in [7, 11) is 6.63. The van der Waals surface area contributed by atoms with Gasteiger partial charge in [0.15, 0.2) is 0 Å². The van der Waals surface area contributed by atoms with Crippen LogP contribution < -0.4 is 0 Å². The van der Waals surface area contributed by atoms with Crippen LogP contribution in [0.1, 0.15) is 6.92 Å². The Labute approximate surface area is 152 Å². The van der Waals surface area contributed by atoms with Crippen molar-refractivity contribution >= 4 is 0 Å². The maximum Gasteiger partial charge on any atom is 0.0776 e. The van der Waals surface area contributed by atoms with Crippen LogP contribution in [0, 0.1) is 0 Å². The first-order chi connectivity index (χ1) is 12.2. The lowest BCUT2D eigenvalue weighted by Gasteiger charge is -2.09. The molecule has 0 N–H and O–H groups in total. The Kier molecular flexibility index (Phi) is 27.9. The maximum absolute atomic E-state index is 5.28. The summed E-state index contributed by atoms with van der Waals surface area (Å²) in [5, 5.41) is 0. The molecule has 0 aromatic heterocycles. The van der Waals surface area contributed by atoms with Gasteiger partial charge in [-0.3, -0.25) is 0 Å². The molecule has 0 aliphatic rings. The highest BCUT2D eigenvalue weighted by Gasteiger charge is 1.97. The molecule has 0 radical (unpaired) electrons. The summed E-state index contributed by atoms with van der Waals surface area (Å²) < 4.78 is 40.2. The van der Waals surface area contributed by atoms with E-state index in [1.165, 1.54) is 0 Å². The van der Waals surface area contributed by atoms with Gasteiger partial charge in [0.1, 0.15) is 0 Å². The minimum atomic E-state index is 0.152. The summed E-state index contributed by atoms with van der Waals surface area (Å²) in [6, 6.07) is 0. The zero-order valence-corrected chi connectivity index (χ0v) is 16.6. The lowest BCUT2D eigenvalue weighted by atomic mass is 10.4. The lowest BCUT2D eigenvalue weighted by molar-refractivity contribution is -0.0131. The third-order valence-corrected chi connectivity index (χ3v) is 2.79. The first kappa shape index (κ1) is 26.9. The van der Waals surface area contributed by atoms with E-state index < -0.39 is 0 Å². The molecule has 0 rings (SSSR count). The molecule has 8 heteroatoms. The standard InChI is InChI=1S/C9H20O4.C8H18O4/c1-9(11-3)8-13-7-6-12-5-4-10-2;1-9-3-5-11-7-8-12-6-4-10-2/h9H,4-8H2,1-3H3;3-8H2,1-2H3. The molecule has 0 fully saturated rings.